The number of fused-ring (bicyclic) bond motifs is 1. The number of anilines is 1. The normalized spacial score (nSPS) is 18.2. The molecule has 150 valence electrons. The molecule has 2 fully saturated rings. The summed E-state index contributed by atoms with van der Waals surface area (Å²) in [5.74, 6) is 0. The van der Waals surface area contributed by atoms with Crippen molar-refractivity contribution in [2.75, 3.05) is 31.1 Å². The summed E-state index contributed by atoms with van der Waals surface area (Å²) < 4.78 is 2.00. The number of urea groups is 1. The van der Waals surface area contributed by atoms with Gasteiger partial charge < -0.3 is 10.2 Å². The molecule has 0 atom stereocenters. The lowest BCUT2D eigenvalue weighted by Gasteiger charge is -2.31. The quantitative estimate of drug-likeness (QED) is 0.742. The molecule has 5 rings (SSSR count). The minimum Gasteiger partial charge on any atom is -0.319 e. The molecule has 6 heteroatoms. The second-order valence-corrected chi connectivity index (χ2v) is 7.86. The Labute approximate surface area is 171 Å². The first-order valence-electron chi connectivity index (χ1n) is 10.6. The number of nitrogens with zero attached hydrogens (tertiary/aromatic N) is 4. The van der Waals surface area contributed by atoms with Gasteiger partial charge in [0.1, 0.15) is 0 Å². The number of carbonyl (C=O) groups is 1. The lowest BCUT2D eigenvalue weighted by molar-refractivity contribution is 0.185. The number of aryl methyl sites for hydroxylation is 1. The number of rotatable bonds is 4. The van der Waals surface area contributed by atoms with Crippen LogP contribution in [0, 0.1) is 0 Å². The average molecular weight is 390 g/mol. The minimum atomic E-state index is 0.137. The molecule has 1 N–H and O–H groups in total. The molecule has 3 heterocycles. The summed E-state index contributed by atoms with van der Waals surface area (Å²) in [6.07, 6.45) is 2.96. The van der Waals surface area contributed by atoms with Crippen molar-refractivity contribution in [1.29, 1.82) is 0 Å². The number of carbonyl (C=O) groups excluding carboxylic acids is 1. The van der Waals surface area contributed by atoms with E-state index >= 15 is 0 Å². The maximum absolute atomic E-state index is 13.2. The smallest absolute Gasteiger partial charge is 0.319 e. The topological polar surface area (TPSA) is 53.4 Å². The maximum Gasteiger partial charge on any atom is 0.324 e. The van der Waals surface area contributed by atoms with Crippen LogP contribution < -0.4 is 10.2 Å². The molecule has 2 aromatic carbocycles. The Morgan fingerprint density at radius 1 is 1.03 bits per heavy atom. The fraction of sp³-hybridized carbons (Fsp3) is 0.391. The molecule has 0 unspecified atom stereocenters. The third-order valence-corrected chi connectivity index (χ3v) is 6.18. The molecule has 0 saturated carbocycles. The number of hydrogen-bond donors (Lipinski definition) is 1. The Morgan fingerprint density at radius 2 is 1.83 bits per heavy atom. The van der Waals surface area contributed by atoms with E-state index in [1.54, 1.807) is 0 Å². The van der Waals surface area contributed by atoms with Crippen LogP contribution in [0.5, 0.6) is 0 Å². The van der Waals surface area contributed by atoms with E-state index in [2.05, 4.69) is 47.5 Å². The van der Waals surface area contributed by atoms with Crippen molar-refractivity contribution in [1.82, 2.24) is 20.0 Å². The van der Waals surface area contributed by atoms with Crippen molar-refractivity contribution in [2.24, 2.45) is 0 Å². The predicted molar refractivity (Wildman–Crippen MR) is 116 cm³/mol. The SMILES string of the molecule is CCc1nn(-c2ccccc2)c2cc(N3CCN(C4CCNCC4)C3=O)ccc12. The van der Waals surface area contributed by atoms with E-state index in [0.29, 0.717) is 6.04 Å². The zero-order valence-electron chi connectivity index (χ0n) is 16.8. The van der Waals surface area contributed by atoms with Crippen molar-refractivity contribution in [2.45, 2.75) is 32.2 Å². The molecule has 29 heavy (non-hydrogen) atoms. The van der Waals surface area contributed by atoms with Crippen LogP contribution in [0.15, 0.2) is 48.5 Å². The largest absolute Gasteiger partial charge is 0.324 e. The molecular weight excluding hydrogens is 362 g/mol. The molecule has 3 aromatic rings. The van der Waals surface area contributed by atoms with Crippen molar-refractivity contribution in [3.8, 4) is 5.69 Å². The molecule has 0 bridgehead atoms. The molecule has 0 radical (unpaired) electrons. The highest BCUT2D eigenvalue weighted by molar-refractivity contribution is 5.97. The highest BCUT2D eigenvalue weighted by Crippen LogP contribution is 2.30. The van der Waals surface area contributed by atoms with E-state index in [1.165, 1.54) is 0 Å². The van der Waals surface area contributed by atoms with E-state index in [0.717, 1.165) is 73.4 Å². The second kappa shape index (κ2) is 7.52. The first kappa shape index (κ1) is 18.2. The zero-order chi connectivity index (χ0) is 19.8. The van der Waals surface area contributed by atoms with Gasteiger partial charge in [0.05, 0.1) is 16.9 Å². The number of para-hydroxylation sites is 1. The first-order chi connectivity index (χ1) is 14.3. The summed E-state index contributed by atoms with van der Waals surface area (Å²) in [6, 6.07) is 17.0. The molecule has 0 aliphatic carbocycles. The summed E-state index contributed by atoms with van der Waals surface area (Å²) in [4.78, 5) is 17.2. The van der Waals surface area contributed by atoms with Crippen molar-refractivity contribution < 1.29 is 4.79 Å². The summed E-state index contributed by atoms with van der Waals surface area (Å²) >= 11 is 0. The van der Waals surface area contributed by atoms with Gasteiger partial charge in [-0.3, -0.25) is 4.90 Å². The van der Waals surface area contributed by atoms with Crippen LogP contribution in [0.1, 0.15) is 25.5 Å². The van der Waals surface area contributed by atoms with E-state index in [1.807, 2.05) is 27.8 Å². The van der Waals surface area contributed by atoms with Gasteiger partial charge in [0.25, 0.3) is 0 Å². The van der Waals surface area contributed by atoms with Gasteiger partial charge in [-0.1, -0.05) is 25.1 Å². The van der Waals surface area contributed by atoms with Crippen molar-refractivity contribution in [3.05, 3.63) is 54.2 Å². The van der Waals surface area contributed by atoms with Crippen LogP contribution >= 0.6 is 0 Å². The van der Waals surface area contributed by atoms with E-state index in [-0.39, 0.29) is 6.03 Å². The van der Waals surface area contributed by atoms with Crippen molar-refractivity contribution in [3.63, 3.8) is 0 Å². The number of benzene rings is 2. The third kappa shape index (κ3) is 3.17. The van der Waals surface area contributed by atoms with Crippen LogP contribution in [0.2, 0.25) is 0 Å². The first-order valence-corrected chi connectivity index (χ1v) is 10.6. The van der Waals surface area contributed by atoms with Crippen LogP contribution in [-0.2, 0) is 6.42 Å². The molecule has 2 amide bonds. The van der Waals surface area contributed by atoms with Gasteiger partial charge >= 0.3 is 6.03 Å². The minimum absolute atomic E-state index is 0.137. The number of amides is 2. The van der Waals surface area contributed by atoms with Gasteiger partial charge in [0.2, 0.25) is 0 Å². The Hall–Kier alpha value is -2.86. The Bertz CT molecular complexity index is 1020. The lowest BCUT2D eigenvalue weighted by atomic mass is 10.1. The maximum atomic E-state index is 13.2. The van der Waals surface area contributed by atoms with Crippen LogP contribution in [0.25, 0.3) is 16.6 Å². The average Bonchev–Trinajstić information content (AvgIpc) is 3.35. The Morgan fingerprint density at radius 3 is 2.59 bits per heavy atom. The van der Waals surface area contributed by atoms with Crippen LogP contribution in [-0.4, -0.2) is 52.9 Å². The van der Waals surface area contributed by atoms with E-state index < -0.39 is 0 Å². The lowest BCUT2D eigenvalue weighted by Crippen LogP contribution is -2.45. The summed E-state index contributed by atoms with van der Waals surface area (Å²) in [6.45, 7) is 5.67. The molecule has 2 aliphatic heterocycles. The van der Waals surface area contributed by atoms with Crippen LogP contribution in [0.4, 0.5) is 10.5 Å². The fourth-order valence-electron chi connectivity index (χ4n) is 4.61. The van der Waals surface area contributed by atoms with E-state index in [4.69, 9.17) is 5.10 Å². The highest BCUT2D eigenvalue weighted by Gasteiger charge is 2.35. The monoisotopic (exact) mass is 389 g/mol. The number of nitrogens with one attached hydrogen (secondary N) is 1. The number of piperidine rings is 1. The number of aromatic nitrogens is 2. The molecule has 6 nitrogen and oxygen atoms in total. The van der Waals surface area contributed by atoms with Gasteiger partial charge in [0.15, 0.2) is 0 Å². The predicted octanol–water partition coefficient (Wildman–Crippen LogP) is 3.58. The van der Waals surface area contributed by atoms with Gasteiger partial charge in [-0.05, 0) is 62.7 Å². The van der Waals surface area contributed by atoms with Crippen molar-refractivity contribution >= 4 is 22.6 Å². The van der Waals surface area contributed by atoms with Gasteiger partial charge in [-0.2, -0.15) is 5.10 Å². The van der Waals surface area contributed by atoms with Crippen LogP contribution in [0.3, 0.4) is 0 Å². The van der Waals surface area contributed by atoms with Gasteiger partial charge in [-0.25, -0.2) is 9.48 Å². The van der Waals surface area contributed by atoms with Gasteiger partial charge in [-0.15, -0.1) is 0 Å². The Balaban J connectivity index is 1.50. The summed E-state index contributed by atoms with van der Waals surface area (Å²) in [7, 11) is 0. The molecule has 2 saturated heterocycles. The summed E-state index contributed by atoms with van der Waals surface area (Å²) in [5.41, 5.74) is 4.13. The molecular formula is C23H27N5O. The number of hydrogen-bond acceptors (Lipinski definition) is 3. The molecule has 1 aromatic heterocycles. The highest BCUT2D eigenvalue weighted by atomic mass is 16.2. The summed E-state index contributed by atoms with van der Waals surface area (Å²) in [5, 5.41) is 9.39. The fourth-order valence-corrected chi connectivity index (χ4v) is 4.61. The van der Waals surface area contributed by atoms with Gasteiger partial charge in [0, 0.05) is 30.2 Å². The zero-order valence-corrected chi connectivity index (χ0v) is 16.8. The van der Waals surface area contributed by atoms with E-state index in [9.17, 15) is 4.79 Å². The third-order valence-electron chi connectivity index (χ3n) is 6.18. The molecule has 2 aliphatic rings. The molecule has 0 spiro atoms. The second-order valence-electron chi connectivity index (χ2n) is 7.86. The Kier molecular flexibility index (Phi) is 4.72. The standard InChI is InChI=1S/C23H27N5O/c1-2-21-20-9-8-19(16-22(20)28(25-21)18-6-4-3-5-7-18)27-15-14-26(23(27)29)17-10-12-24-13-11-17/h3-9,16-17,24H,2,10-15H2,1H3.